The third-order valence-electron chi connectivity index (χ3n) is 8.65. The lowest BCUT2D eigenvalue weighted by Crippen LogP contribution is -2.58. The van der Waals surface area contributed by atoms with E-state index in [1.54, 1.807) is 6.92 Å². The minimum Gasteiger partial charge on any atom is -0.451 e. The van der Waals surface area contributed by atoms with E-state index in [0.717, 1.165) is 32.1 Å². The number of hydrogen-bond donors (Lipinski definition) is 1. The highest BCUT2D eigenvalue weighted by Gasteiger charge is 2.67. The minimum atomic E-state index is -0.970. The molecule has 0 bridgehead atoms. The zero-order chi connectivity index (χ0) is 19.6. The van der Waals surface area contributed by atoms with Crippen molar-refractivity contribution in [3.8, 4) is 0 Å². The van der Waals surface area contributed by atoms with Crippen molar-refractivity contribution in [1.82, 2.24) is 0 Å². The molecule has 1 N–H and O–H groups in total. The van der Waals surface area contributed by atoms with Gasteiger partial charge in [0.15, 0.2) is 11.4 Å². The highest BCUT2D eigenvalue weighted by molar-refractivity contribution is 5.89. The van der Waals surface area contributed by atoms with Gasteiger partial charge in [-0.1, -0.05) is 32.1 Å². The van der Waals surface area contributed by atoms with E-state index in [1.165, 1.54) is 12.5 Å². The fraction of sp³-hybridized carbons (Fsp3) is 0.739. The van der Waals surface area contributed by atoms with Gasteiger partial charge in [0.1, 0.15) is 0 Å². The van der Waals surface area contributed by atoms with E-state index in [0.29, 0.717) is 24.2 Å². The molecule has 0 aromatic carbocycles. The quantitative estimate of drug-likeness (QED) is 0.745. The van der Waals surface area contributed by atoms with Crippen molar-refractivity contribution in [3.05, 3.63) is 23.8 Å². The number of hydrogen-bond acceptors (Lipinski definition) is 4. The number of Topliss-reactive ketones (excluding diaryl/α,β-unsaturated/α-hetero) is 1. The van der Waals surface area contributed by atoms with E-state index in [2.05, 4.69) is 26.0 Å². The van der Waals surface area contributed by atoms with Gasteiger partial charge in [0.05, 0.1) is 6.10 Å². The first kappa shape index (κ1) is 18.9. The molecule has 2 fully saturated rings. The SMILES string of the molecule is CC(=O)O[C@]1(C(C)=O)CC[C@H]2[C@@H]3C=CC4=C[C@H](O)CC[C@]4(C)[C@H]3CC[C@@]21C. The number of carbonyl (C=O) groups excluding carboxylic acids is 2. The monoisotopic (exact) mass is 372 g/mol. The number of fused-ring (bicyclic) bond motifs is 5. The first-order valence-corrected chi connectivity index (χ1v) is 10.4. The van der Waals surface area contributed by atoms with Crippen LogP contribution in [0.4, 0.5) is 0 Å². The maximum absolute atomic E-state index is 12.7. The topological polar surface area (TPSA) is 63.6 Å². The van der Waals surface area contributed by atoms with Crippen LogP contribution in [0.2, 0.25) is 0 Å². The molecule has 7 atom stereocenters. The van der Waals surface area contributed by atoms with Gasteiger partial charge in [0, 0.05) is 12.3 Å². The van der Waals surface area contributed by atoms with Crippen molar-refractivity contribution >= 4 is 11.8 Å². The van der Waals surface area contributed by atoms with E-state index < -0.39 is 5.60 Å². The third-order valence-corrected chi connectivity index (χ3v) is 8.65. The molecule has 0 unspecified atom stereocenters. The molecule has 4 heteroatoms. The number of ether oxygens (including phenoxy) is 1. The van der Waals surface area contributed by atoms with Crippen LogP contribution in [-0.4, -0.2) is 28.6 Å². The molecule has 0 spiro atoms. The highest BCUT2D eigenvalue weighted by atomic mass is 16.6. The van der Waals surface area contributed by atoms with Gasteiger partial charge in [-0.15, -0.1) is 0 Å². The number of aliphatic hydroxyl groups excluding tert-OH is 1. The van der Waals surface area contributed by atoms with Crippen LogP contribution >= 0.6 is 0 Å². The summed E-state index contributed by atoms with van der Waals surface area (Å²) in [6, 6.07) is 0. The molecule has 148 valence electrons. The number of allylic oxidation sites excluding steroid dienone is 3. The summed E-state index contributed by atoms with van der Waals surface area (Å²) in [6.07, 6.45) is 11.6. The highest BCUT2D eigenvalue weighted by Crippen LogP contribution is 2.67. The molecule has 0 saturated heterocycles. The maximum atomic E-state index is 12.7. The Kier molecular flexibility index (Phi) is 4.23. The molecule has 4 aliphatic carbocycles. The predicted molar refractivity (Wildman–Crippen MR) is 103 cm³/mol. The average molecular weight is 373 g/mol. The van der Waals surface area contributed by atoms with Crippen LogP contribution in [0.25, 0.3) is 0 Å². The van der Waals surface area contributed by atoms with Crippen LogP contribution in [0.3, 0.4) is 0 Å². The Balaban J connectivity index is 1.74. The summed E-state index contributed by atoms with van der Waals surface area (Å²) in [4.78, 5) is 24.6. The van der Waals surface area contributed by atoms with Crippen molar-refractivity contribution in [3.63, 3.8) is 0 Å². The second-order valence-electron chi connectivity index (χ2n) is 9.77. The van der Waals surface area contributed by atoms with Crippen LogP contribution in [0, 0.1) is 28.6 Å². The Hall–Kier alpha value is -1.42. The lowest BCUT2D eigenvalue weighted by molar-refractivity contribution is -0.185. The van der Waals surface area contributed by atoms with Gasteiger partial charge < -0.3 is 9.84 Å². The number of aliphatic hydroxyl groups is 1. The van der Waals surface area contributed by atoms with E-state index in [9.17, 15) is 14.7 Å². The van der Waals surface area contributed by atoms with E-state index in [4.69, 9.17) is 4.74 Å². The minimum absolute atomic E-state index is 0.00600. The summed E-state index contributed by atoms with van der Waals surface area (Å²) in [6.45, 7) is 7.54. The van der Waals surface area contributed by atoms with Crippen LogP contribution < -0.4 is 0 Å². The molecule has 4 aliphatic rings. The first-order chi connectivity index (χ1) is 12.6. The summed E-state index contributed by atoms with van der Waals surface area (Å²) < 4.78 is 5.80. The largest absolute Gasteiger partial charge is 0.451 e. The fourth-order valence-electron chi connectivity index (χ4n) is 7.20. The zero-order valence-corrected chi connectivity index (χ0v) is 17.0. The molecule has 0 heterocycles. The third kappa shape index (κ3) is 2.45. The van der Waals surface area contributed by atoms with Gasteiger partial charge >= 0.3 is 5.97 Å². The Morgan fingerprint density at radius 2 is 1.78 bits per heavy atom. The molecule has 0 amide bonds. The number of carbonyl (C=O) groups is 2. The molecule has 4 nitrogen and oxygen atoms in total. The fourth-order valence-corrected chi connectivity index (χ4v) is 7.20. The standard InChI is InChI=1S/C23H32O4/c1-14(24)23(27-15(2)25)12-9-20-18-6-5-16-13-17(26)7-10-21(16,3)19(18)8-11-22(20,23)4/h5-6,13,17-20,26H,7-12H2,1-4H3/t17-,18-,19+,20+,21+,22+,23+/m1/s1. The van der Waals surface area contributed by atoms with Gasteiger partial charge in [-0.05, 0) is 74.2 Å². The van der Waals surface area contributed by atoms with E-state index in [1.807, 2.05) is 6.08 Å². The normalized spacial score (nSPS) is 48.1. The van der Waals surface area contributed by atoms with Crippen molar-refractivity contribution in [2.75, 3.05) is 0 Å². The second kappa shape index (κ2) is 6.04. The molecular weight excluding hydrogens is 340 g/mol. The number of rotatable bonds is 2. The van der Waals surface area contributed by atoms with Crippen molar-refractivity contribution in [2.24, 2.45) is 28.6 Å². The average Bonchev–Trinajstić information content (AvgIpc) is 2.89. The number of ketones is 1. The Morgan fingerprint density at radius 3 is 2.44 bits per heavy atom. The second-order valence-corrected chi connectivity index (χ2v) is 9.77. The van der Waals surface area contributed by atoms with Crippen molar-refractivity contribution in [1.29, 1.82) is 0 Å². The van der Waals surface area contributed by atoms with Crippen LogP contribution in [0.5, 0.6) is 0 Å². The lowest BCUT2D eigenvalue weighted by atomic mass is 9.48. The van der Waals surface area contributed by atoms with Crippen LogP contribution in [0.15, 0.2) is 23.8 Å². The predicted octanol–water partition coefficient (Wildman–Crippen LogP) is 3.98. The van der Waals surface area contributed by atoms with Gasteiger partial charge in [0.2, 0.25) is 0 Å². The Labute approximate surface area is 162 Å². The zero-order valence-electron chi connectivity index (χ0n) is 17.0. The maximum Gasteiger partial charge on any atom is 0.303 e. The lowest BCUT2D eigenvalue weighted by Gasteiger charge is -2.57. The van der Waals surface area contributed by atoms with Crippen molar-refractivity contribution in [2.45, 2.75) is 77.9 Å². The molecular formula is C23H32O4. The number of esters is 1. The molecule has 0 radical (unpaired) electrons. The molecule has 4 rings (SSSR count). The van der Waals surface area contributed by atoms with Gasteiger partial charge in [0.25, 0.3) is 0 Å². The first-order valence-electron chi connectivity index (χ1n) is 10.4. The summed E-state index contributed by atoms with van der Waals surface area (Å²) in [7, 11) is 0. The summed E-state index contributed by atoms with van der Waals surface area (Å²) >= 11 is 0. The van der Waals surface area contributed by atoms with Gasteiger partial charge in [-0.2, -0.15) is 0 Å². The van der Waals surface area contributed by atoms with Gasteiger partial charge in [-0.25, -0.2) is 0 Å². The van der Waals surface area contributed by atoms with E-state index >= 15 is 0 Å². The Bertz CT molecular complexity index is 737. The van der Waals surface area contributed by atoms with Crippen LogP contribution in [0.1, 0.15) is 66.2 Å². The Morgan fingerprint density at radius 1 is 1.07 bits per heavy atom. The molecule has 2 saturated carbocycles. The summed E-state index contributed by atoms with van der Waals surface area (Å²) in [5, 5.41) is 10.1. The molecule has 0 aromatic heterocycles. The van der Waals surface area contributed by atoms with Crippen LogP contribution in [-0.2, 0) is 14.3 Å². The summed E-state index contributed by atoms with van der Waals surface area (Å²) in [5.74, 6) is 0.915. The van der Waals surface area contributed by atoms with Gasteiger partial charge in [-0.3, -0.25) is 9.59 Å². The summed E-state index contributed by atoms with van der Waals surface area (Å²) in [5.41, 5.74) is 0.106. The van der Waals surface area contributed by atoms with Crippen molar-refractivity contribution < 1.29 is 19.4 Å². The smallest absolute Gasteiger partial charge is 0.303 e. The molecule has 27 heavy (non-hydrogen) atoms. The molecule has 0 aromatic rings. The molecule has 0 aliphatic heterocycles. The van der Waals surface area contributed by atoms with E-state index in [-0.39, 0.29) is 28.7 Å².